The van der Waals surface area contributed by atoms with Crippen LogP contribution in [0.3, 0.4) is 0 Å². The van der Waals surface area contributed by atoms with E-state index >= 15 is 0 Å². The Balaban J connectivity index is 1.83. The first kappa shape index (κ1) is 15.9. The molecule has 1 atom stereocenters. The lowest BCUT2D eigenvalue weighted by Gasteiger charge is -2.37. The Kier molecular flexibility index (Phi) is 4.28. The lowest BCUT2D eigenvalue weighted by molar-refractivity contribution is 0.0699. The summed E-state index contributed by atoms with van der Waals surface area (Å²) in [7, 11) is 1.68. The molecule has 3 nitrogen and oxygen atoms in total. The van der Waals surface area contributed by atoms with Crippen molar-refractivity contribution in [1.82, 2.24) is 4.90 Å². The Morgan fingerprint density at radius 3 is 2.68 bits per heavy atom. The number of carbonyl (C=O) groups excluding carboxylic acids is 1. The molecular weight excluding hydrogens is 330 g/mol. The van der Waals surface area contributed by atoms with Crippen LogP contribution in [0, 0.1) is 0 Å². The van der Waals surface area contributed by atoms with Crippen LogP contribution >= 0.6 is 11.3 Å². The zero-order chi connectivity index (χ0) is 17.2. The second kappa shape index (κ2) is 6.73. The molecule has 0 fully saturated rings. The molecule has 0 spiro atoms. The molecule has 3 aromatic rings. The van der Waals surface area contributed by atoms with Gasteiger partial charge in [-0.2, -0.15) is 0 Å². The van der Waals surface area contributed by atoms with Gasteiger partial charge in [-0.15, -0.1) is 11.3 Å². The van der Waals surface area contributed by atoms with Gasteiger partial charge >= 0.3 is 0 Å². The number of fused-ring (bicyclic) bond motifs is 1. The van der Waals surface area contributed by atoms with Crippen molar-refractivity contribution in [1.29, 1.82) is 0 Å². The van der Waals surface area contributed by atoms with Gasteiger partial charge in [-0.3, -0.25) is 4.79 Å². The van der Waals surface area contributed by atoms with E-state index in [2.05, 4.69) is 24.3 Å². The van der Waals surface area contributed by atoms with E-state index in [0.29, 0.717) is 0 Å². The fourth-order valence-electron chi connectivity index (χ4n) is 3.48. The maximum atomic E-state index is 13.1. The highest BCUT2D eigenvalue weighted by Gasteiger charge is 2.33. The van der Waals surface area contributed by atoms with Crippen molar-refractivity contribution in [3.63, 3.8) is 0 Å². The van der Waals surface area contributed by atoms with Gasteiger partial charge < -0.3 is 9.64 Å². The highest BCUT2D eigenvalue weighted by Crippen LogP contribution is 2.38. The topological polar surface area (TPSA) is 29.5 Å². The monoisotopic (exact) mass is 349 g/mol. The van der Waals surface area contributed by atoms with Crippen molar-refractivity contribution >= 4 is 17.2 Å². The molecule has 1 aliphatic rings. The Morgan fingerprint density at radius 1 is 1.12 bits per heavy atom. The smallest absolute Gasteiger partial charge is 0.264 e. The molecule has 25 heavy (non-hydrogen) atoms. The molecule has 1 aromatic heterocycles. The number of benzene rings is 2. The lowest BCUT2D eigenvalue weighted by atomic mass is 9.88. The summed E-state index contributed by atoms with van der Waals surface area (Å²) < 4.78 is 5.43. The summed E-state index contributed by atoms with van der Waals surface area (Å²) in [6, 6.07) is 20.2. The summed E-state index contributed by atoms with van der Waals surface area (Å²) in [6.45, 7) is 0.718. The van der Waals surface area contributed by atoms with E-state index in [-0.39, 0.29) is 11.9 Å². The molecule has 0 bridgehead atoms. The minimum Gasteiger partial charge on any atom is -0.497 e. The van der Waals surface area contributed by atoms with Gasteiger partial charge in [-0.1, -0.05) is 42.5 Å². The Hall–Kier alpha value is -2.59. The van der Waals surface area contributed by atoms with Gasteiger partial charge in [-0.25, -0.2) is 0 Å². The predicted molar refractivity (Wildman–Crippen MR) is 100 cm³/mol. The van der Waals surface area contributed by atoms with Crippen LogP contribution in [0.4, 0.5) is 0 Å². The van der Waals surface area contributed by atoms with E-state index in [9.17, 15) is 4.79 Å². The number of carbonyl (C=O) groups is 1. The van der Waals surface area contributed by atoms with Gasteiger partial charge in [0.1, 0.15) is 5.75 Å². The zero-order valence-corrected chi connectivity index (χ0v) is 14.8. The third kappa shape index (κ3) is 2.94. The predicted octanol–water partition coefficient (Wildman–Crippen LogP) is 4.54. The maximum Gasteiger partial charge on any atom is 0.264 e. The molecule has 1 unspecified atom stereocenters. The van der Waals surface area contributed by atoms with E-state index in [1.54, 1.807) is 7.11 Å². The minimum absolute atomic E-state index is 0.0883. The SMILES string of the molecule is COc1ccc2c(c1)C(c1ccccc1)N(C(=O)c1cccs1)CC2. The van der Waals surface area contributed by atoms with E-state index in [4.69, 9.17) is 4.74 Å². The first-order valence-electron chi connectivity index (χ1n) is 8.34. The fraction of sp³-hybridized carbons (Fsp3) is 0.190. The van der Waals surface area contributed by atoms with Gasteiger partial charge in [0.05, 0.1) is 18.0 Å². The number of nitrogens with zero attached hydrogens (tertiary/aromatic N) is 1. The van der Waals surface area contributed by atoms with Gasteiger partial charge in [0, 0.05) is 6.54 Å². The summed E-state index contributed by atoms with van der Waals surface area (Å²) in [4.78, 5) is 15.9. The molecule has 2 aromatic carbocycles. The van der Waals surface area contributed by atoms with Gasteiger partial charge in [0.25, 0.3) is 5.91 Å². The molecule has 1 aliphatic heterocycles. The number of hydrogen-bond acceptors (Lipinski definition) is 3. The summed E-state index contributed by atoms with van der Waals surface area (Å²) in [5.74, 6) is 0.919. The molecule has 4 heteroatoms. The van der Waals surface area contributed by atoms with Gasteiger partial charge in [0.15, 0.2) is 0 Å². The summed E-state index contributed by atoms with van der Waals surface area (Å²) in [6.07, 6.45) is 0.861. The Bertz CT molecular complexity index is 874. The molecule has 0 saturated heterocycles. The fourth-order valence-corrected chi connectivity index (χ4v) is 4.15. The molecule has 0 saturated carbocycles. The van der Waals surface area contributed by atoms with Crippen molar-refractivity contribution in [2.45, 2.75) is 12.5 Å². The van der Waals surface area contributed by atoms with Crippen LogP contribution in [0.15, 0.2) is 66.0 Å². The van der Waals surface area contributed by atoms with Crippen molar-refractivity contribution < 1.29 is 9.53 Å². The summed E-state index contributed by atoms with van der Waals surface area (Å²) in [5, 5.41) is 1.95. The molecular formula is C21H19NO2S. The molecule has 0 radical (unpaired) electrons. The van der Waals surface area contributed by atoms with Crippen molar-refractivity contribution in [2.75, 3.05) is 13.7 Å². The first-order chi connectivity index (χ1) is 12.3. The van der Waals surface area contributed by atoms with Crippen LogP contribution in [0.5, 0.6) is 5.75 Å². The average Bonchev–Trinajstić information content (AvgIpc) is 3.21. The molecule has 126 valence electrons. The maximum absolute atomic E-state index is 13.1. The Labute approximate surface area is 151 Å². The van der Waals surface area contributed by atoms with Crippen molar-refractivity contribution in [3.05, 3.63) is 87.6 Å². The lowest BCUT2D eigenvalue weighted by Crippen LogP contribution is -2.40. The molecule has 4 rings (SSSR count). The van der Waals surface area contributed by atoms with Crippen LogP contribution in [-0.2, 0) is 6.42 Å². The Morgan fingerprint density at radius 2 is 1.96 bits per heavy atom. The second-order valence-electron chi connectivity index (χ2n) is 6.10. The number of rotatable bonds is 3. The van der Waals surface area contributed by atoms with E-state index in [1.807, 2.05) is 46.7 Å². The second-order valence-corrected chi connectivity index (χ2v) is 7.05. The van der Waals surface area contributed by atoms with Gasteiger partial charge in [0.2, 0.25) is 0 Å². The van der Waals surface area contributed by atoms with E-state index in [0.717, 1.165) is 34.7 Å². The number of hydrogen-bond donors (Lipinski definition) is 0. The number of methoxy groups -OCH3 is 1. The average molecular weight is 349 g/mol. The van der Waals surface area contributed by atoms with Crippen molar-refractivity contribution in [2.24, 2.45) is 0 Å². The molecule has 0 aliphatic carbocycles. The van der Waals surface area contributed by atoms with E-state index < -0.39 is 0 Å². The third-order valence-corrected chi connectivity index (χ3v) is 5.55. The number of ether oxygens (including phenoxy) is 1. The highest BCUT2D eigenvalue weighted by atomic mass is 32.1. The van der Waals surface area contributed by atoms with Crippen LogP contribution < -0.4 is 4.74 Å². The third-order valence-electron chi connectivity index (χ3n) is 4.69. The molecule has 1 amide bonds. The van der Waals surface area contributed by atoms with Crippen LogP contribution in [-0.4, -0.2) is 24.5 Å². The quantitative estimate of drug-likeness (QED) is 0.694. The van der Waals surface area contributed by atoms with Crippen LogP contribution in [0.1, 0.15) is 32.4 Å². The molecule has 0 N–H and O–H groups in total. The number of amides is 1. The highest BCUT2D eigenvalue weighted by molar-refractivity contribution is 7.12. The van der Waals surface area contributed by atoms with Crippen molar-refractivity contribution in [3.8, 4) is 5.75 Å². The van der Waals surface area contributed by atoms with Gasteiger partial charge in [-0.05, 0) is 46.7 Å². The van der Waals surface area contributed by atoms with E-state index in [1.165, 1.54) is 16.9 Å². The van der Waals surface area contributed by atoms with Crippen LogP contribution in [0.25, 0.3) is 0 Å². The standard InChI is InChI=1S/C21H19NO2S/c1-24-17-10-9-15-11-12-22(21(23)19-8-5-13-25-19)20(18(15)14-17)16-6-3-2-4-7-16/h2-10,13-14,20H,11-12H2,1H3. The summed E-state index contributed by atoms with van der Waals surface area (Å²) >= 11 is 1.49. The minimum atomic E-state index is -0.0883. The largest absolute Gasteiger partial charge is 0.497 e. The summed E-state index contributed by atoms with van der Waals surface area (Å²) in [5.41, 5.74) is 3.56. The zero-order valence-electron chi connectivity index (χ0n) is 14.0. The molecule has 2 heterocycles. The normalized spacial score (nSPS) is 16.4. The number of thiophene rings is 1. The van der Waals surface area contributed by atoms with Crippen LogP contribution in [0.2, 0.25) is 0 Å². The first-order valence-corrected chi connectivity index (χ1v) is 9.22.